The van der Waals surface area contributed by atoms with Crippen molar-refractivity contribution in [2.45, 2.75) is 52.0 Å². The van der Waals surface area contributed by atoms with Crippen molar-refractivity contribution in [2.75, 3.05) is 13.6 Å². The number of nitrogens with one attached hydrogen (secondary N) is 1. The maximum atomic E-state index is 12.0. The molecule has 2 amide bonds. The number of carbonyl (C=O) groups is 2. The van der Waals surface area contributed by atoms with Gasteiger partial charge in [0.25, 0.3) is 0 Å². The summed E-state index contributed by atoms with van der Waals surface area (Å²) in [6.45, 7) is 4.99. The summed E-state index contributed by atoms with van der Waals surface area (Å²) in [5.41, 5.74) is 0. The van der Waals surface area contributed by atoms with Gasteiger partial charge in [0.15, 0.2) is 0 Å². The van der Waals surface area contributed by atoms with Crippen LogP contribution in [0.4, 0.5) is 4.79 Å². The van der Waals surface area contributed by atoms with Crippen LogP contribution in [0.5, 0.6) is 0 Å². The molecule has 1 aliphatic rings. The van der Waals surface area contributed by atoms with Gasteiger partial charge >= 0.3 is 12.0 Å². The van der Waals surface area contributed by atoms with Crippen molar-refractivity contribution in [3.63, 3.8) is 0 Å². The minimum Gasteiger partial charge on any atom is -0.481 e. The van der Waals surface area contributed by atoms with E-state index in [0.717, 1.165) is 32.2 Å². The minimum atomic E-state index is -0.743. The summed E-state index contributed by atoms with van der Waals surface area (Å²) < 4.78 is 0. The molecule has 2 unspecified atom stereocenters. The Morgan fingerprint density at radius 2 is 2.05 bits per heavy atom. The first kappa shape index (κ1) is 15.8. The Morgan fingerprint density at radius 1 is 1.37 bits per heavy atom. The van der Waals surface area contributed by atoms with E-state index in [4.69, 9.17) is 5.11 Å². The molecule has 0 radical (unpaired) electrons. The van der Waals surface area contributed by atoms with Crippen molar-refractivity contribution in [3.05, 3.63) is 0 Å². The van der Waals surface area contributed by atoms with Gasteiger partial charge in [0, 0.05) is 19.6 Å². The second-order valence-corrected chi connectivity index (χ2v) is 5.95. The summed E-state index contributed by atoms with van der Waals surface area (Å²) in [7, 11) is 1.79. The lowest BCUT2D eigenvalue weighted by Gasteiger charge is -2.29. The van der Waals surface area contributed by atoms with Crippen LogP contribution in [0.1, 0.15) is 46.0 Å². The molecule has 0 bridgehead atoms. The molecular formula is C14H26N2O3. The topological polar surface area (TPSA) is 69.6 Å². The predicted octanol–water partition coefficient (Wildman–Crippen LogP) is 2.32. The normalized spacial score (nSPS) is 23.2. The third-order valence-corrected chi connectivity index (χ3v) is 3.74. The lowest BCUT2D eigenvalue weighted by molar-refractivity contribution is -0.143. The smallest absolute Gasteiger partial charge is 0.317 e. The number of aliphatic carboxylic acids is 1. The molecule has 0 aliphatic heterocycles. The van der Waals surface area contributed by atoms with Crippen LogP contribution >= 0.6 is 0 Å². The fourth-order valence-electron chi connectivity index (χ4n) is 2.38. The average Bonchev–Trinajstić information content (AvgIpc) is 2.36. The lowest BCUT2D eigenvalue weighted by Crippen LogP contribution is -2.46. The molecule has 5 nitrogen and oxygen atoms in total. The number of hydrogen-bond donors (Lipinski definition) is 2. The monoisotopic (exact) mass is 270 g/mol. The Morgan fingerprint density at radius 3 is 2.63 bits per heavy atom. The molecule has 0 spiro atoms. The van der Waals surface area contributed by atoms with E-state index in [1.54, 1.807) is 11.9 Å². The van der Waals surface area contributed by atoms with Crippen molar-refractivity contribution in [1.82, 2.24) is 10.2 Å². The van der Waals surface area contributed by atoms with Crippen LogP contribution in [0.15, 0.2) is 0 Å². The first-order valence-corrected chi connectivity index (χ1v) is 7.14. The number of hydrogen-bond acceptors (Lipinski definition) is 2. The van der Waals surface area contributed by atoms with Crippen LogP contribution in [0.2, 0.25) is 0 Å². The molecule has 1 rings (SSSR count). The second kappa shape index (κ2) is 7.36. The average molecular weight is 270 g/mol. The molecule has 0 aromatic carbocycles. The maximum absolute atomic E-state index is 12.0. The number of carboxylic acids is 1. The molecule has 0 saturated heterocycles. The summed E-state index contributed by atoms with van der Waals surface area (Å²) >= 11 is 0. The highest BCUT2D eigenvalue weighted by atomic mass is 16.4. The highest BCUT2D eigenvalue weighted by molar-refractivity contribution is 5.74. The number of carboxylic acid groups (broad SMARTS) is 1. The Balaban J connectivity index is 2.36. The van der Waals surface area contributed by atoms with E-state index >= 15 is 0 Å². The largest absolute Gasteiger partial charge is 0.481 e. The summed E-state index contributed by atoms with van der Waals surface area (Å²) in [5.74, 6) is -0.478. The van der Waals surface area contributed by atoms with Crippen LogP contribution in [0.25, 0.3) is 0 Å². The zero-order valence-electron chi connectivity index (χ0n) is 12.2. The highest BCUT2D eigenvalue weighted by Gasteiger charge is 2.28. The van der Waals surface area contributed by atoms with Crippen molar-refractivity contribution in [3.8, 4) is 0 Å². The van der Waals surface area contributed by atoms with Gasteiger partial charge in [0.05, 0.1) is 5.92 Å². The van der Waals surface area contributed by atoms with Gasteiger partial charge < -0.3 is 15.3 Å². The fraction of sp³-hybridized carbons (Fsp3) is 0.857. The second-order valence-electron chi connectivity index (χ2n) is 5.95. The first-order chi connectivity index (χ1) is 8.90. The van der Waals surface area contributed by atoms with E-state index in [9.17, 15) is 9.59 Å². The van der Waals surface area contributed by atoms with Gasteiger partial charge in [-0.1, -0.05) is 20.3 Å². The van der Waals surface area contributed by atoms with Crippen LogP contribution < -0.4 is 5.32 Å². The molecule has 19 heavy (non-hydrogen) atoms. The molecule has 2 atom stereocenters. The highest BCUT2D eigenvalue weighted by Crippen LogP contribution is 2.24. The first-order valence-electron chi connectivity index (χ1n) is 7.14. The van der Waals surface area contributed by atoms with E-state index in [1.165, 1.54) is 0 Å². The number of nitrogens with zero attached hydrogens (tertiary/aromatic N) is 1. The minimum absolute atomic E-state index is 0.00356. The van der Waals surface area contributed by atoms with Crippen LogP contribution in [-0.2, 0) is 4.79 Å². The van der Waals surface area contributed by atoms with E-state index < -0.39 is 5.97 Å². The Labute approximate surface area is 115 Å². The van der Waals surface area contributed by atoms with Gasteiger partial charge in [-0.2, -0.15) is 0 Å². The van der Waals surface area contributed by atoms with E-state index in [1.807, 2.05) is 0 Å². The number of carbonyl (C=O) groups excluding carboxylic acids is 1. The zero-order valence-corrected chi connectivity index (χ0v) is 12.2. The van der Waals surface area contributed by atoms with Gasteiger partial charge in [-0.15, -0.1) is 0 Å². The van der Waals surface area contributed by atoms with Crippen molar-refractivity contribution < 1.29 is 14.7 Å². The molecule has 2 N–H and O–H groups in total. The van der Waals surface area contributed by atoms with Gasteiger partial charge in [0.1, 0.15) is 0 Å². The third-order valence-electron chi connectivity index (χ3n) is 3.74. The van der Waals surface area contributed by atoms with Gasteiger partial charge in [-0.05, 0) is 31.6 Å². The predicted molar refractivity (Wildman–Crippen MR) is 74.0 cm³/mol. The Hall–Kier alpha value is -1.26. The van der Waals surface area contributed by atoms with Gasteiger partial charge in [-0.3, -0.25) is 4.79 Å². The van der Waals surface area contributed by atoms with Crippen molar-refractivity contribution >= 4 is 12.0 Å². The SMILES string of the molecule is CC(C)CCN(C)C(=O)NC1CCCC(C(=O)O)C1. The van der Waals surface area contributed by atoms with Crippen molar-refractivity contribution in [2.24, 2.45) is 11.8 Å². The molecule has 0 heterocycles. The maximum Gasteiger partial charge on any atom is 0.317 e. The molecule has 0 aromatic heterocycles. The zero-order chi connectivity index (χ0) is 14.4. The molecule has 110 valence electrons. The molecule has 0 aromatic rings. The molecule has 1 aliphatic carbocycles. The standard InChI is InChI=1S/C14H26N2O3/c1-10(2)7-8-16(3)14(19)15-12-6-4-5-11(9-12)13(17)18/h10-12H,4-9H2,1-3H3,(H,15,19)(H,17,18). The molecular weight excluding hydrogens is 244 g/mol. The van der Waals surface area contributed by atoms with E-state index in [2.05, 4.69) is 19.2 Å². The molecule has 1 fully saturated rings. The summed E-state index contributed by atoms with van der Waals surface area (Å²) in [6, 6.07) is -0.0828. The summed E-state index contributed by atoms with van der Waals surface area (Å²) in [6.07, 6.45) is 4.02. The van der Waals surface area contributed by atoms with E-state index in [0.29, 0.717) is 12.3 Å². The van der Waals surface area contributed by atoms with Crippen molar-refractivity contribution in [1.29, 1.82) is 0 Å². The van der Waals surface area contributed by atoms with E-state index in [-0.39, 0.29) is 18.0 Å². The summed E-state index contributed by atoms with van der Waals surface area (Å²) in [4.78, 5) is 24.6. The quantitative estimate of drug-likeness (QED) is 0.805. The Kier molecular flexibility index (Phi) is 6.12. The summed E-state index contributed by atoms with van der Waals surface area (Å²) in [5, 5.41) is 12.0. The van der Waals surface area contributed by atoms with Crippen LogP contribution in [0, 0.1) is 11.8 Å². The molecule has 5 heteroatoms. The van der Waals surface area contributed by atoms with Crippen LogP contribution in [-0.4, -0.2) is 41.6 Å². The van der Waals surface area contributed by atoms with Gasteiger partial charge in [0.2, 0.25) is 0 Å². The number of amides is 2. The van der Waals surface area contributed by atoms with Gasteiger partial charge in [-0.25, -0.2) is 4.79 Å². The molecule has 1 saturated carbocycles. The number of rotatable bonds is 5. The third kappa shape index (κ3) is 5.49. The van der Waals surface area contributed by atoms with Crippen LogP contribution in [0.3, 0.4) is 0 Å². The lowest BCUT2D eigenvalue weighted by atomic mass is 9.86. The number of urea groups is 1. The Bertz CT molecular complexity index is 318. The fourth-order valence-corrected chi connectivity index (χ4v) is 2.38.